The minimum absolute atomic E-state index is 0.0607. The van der Waals surface area contributed by atoms with Gasteiger partial charge in [-0.15, -0.1) is 0 Å². The summed E-state index contributed by atoms with van der Waals surface area (Å²) in [7, 11) is 0. The molecule has 1 amide bonds. The van der Waals surface area contributed by atoms with Crippen LogP contribution in [0, 0.1) is 0 Å². The molecule has 0 aromatic carbocycles. The third kappa shape index (κ3) is 2.91. The summed E-state index contributed by atoms with van der Waals surface area (Å²) in [6.45, 7) is 8.17. The van der Waals surface area contributed by atoms with E-state index < -0.39 is 5.54 Å². The van der Waals surface area contributed by atoms with Gasteiger partial charge in [-0.05, 0) is 19.9 Å². The molecule has 100 valence electrons. The molecule has 5 heteroatoms. The largest absolute Gasteiger partial charge is 0.472 e. The van der Waals surface area contributed by atoms with Crippen LogP contribution in [0.5, 0.6) is 0 Å². The second-order valence-electron chi connectivity index (χ2n) is 5.11. The molecular formula is C13H21N3O2. The van der Waals surface area contributed by atoms with Crippen LogP contribution in [-0.4, -0.2) is 42.5 Å². The van der Waals surface area contributed by atoms with E-state index >= 15 is 0 Å². The molecule has 2 N–H and O–H groups in total. The minimum Gasteiger partial charge on any atom is -0.472 e. The van der Waals surface area contributed by atoms with Crippen molar-refractivity contribution in [2.75, 3.05) is 26.2 Å². The SMILES string of the molecule is CC(C)(C(=O)NCc1ccoc1)N1CCNCC1. The Labute approximate surface area is 108 Å². The number of carbonyl (C=O) groups is 1. The lowest BCUT2D eigenvalue weighted by atomic mass is 10.0. The topological polar surface area (TPSA) is 57.5 Å². The summed E-state index contributed by atoms with van der Waals surface area (Å²) in [6.07, 6.45) is 3.26. The normalized spacial score (nSPS) is 17.7. The highest BCUT2D eigenvalue weighted by Gasteiger charge is 2.34. The Kier molecular flexibility index (Phi) is 4.04. The Bertz CT molecular complexity index is 381. The predicted molar refractivity (Wildman–Crippen MR) is 69.1 cm³/mol. The molecule has 0 aliphatic carbocycles. The third-order valence-corrected chi connectivity index (χ3v) is 3.50. The summed E-state index contributed by atoms with van der Waals surface area (Å²) < 4.78 is 4.98. The summed E-state index contributed by atoms with van der Waals surface area (Å²) in [5, 5.41) is 6.26. The lowest BCUT2D eigenvalue weighted by molar-refractivity contribution is -0.132. The second-order valence-corrected chi connectivity index (χ2v) is 5.11. The summed E-state index contributed by atoms with van der Waals surface area (Å²) in [4.78, 5) is 14.5. The fourth-order valence-corrected chi connectivity index (χ4v) is 2.16. The fourth-order valence-electron chi connectivity index (χ4n) is 2.16. The predicted octanol–water partition coefficient (Wildman–Crippen LogP) is 0.580. The summed E-state index contributed by atoms with van der Waals surface area (Å²) >= 11 is 0. The number of amides is 1. The Morgan fingerprint density at radius 2 is 2.22 bits per heavy atom. The molecule has 1 aromatic rings. The average molecular weight is 251 g/mol. The average Bonchev–Trinajstić information content (AvgIpc) is 2.90. The van der Waals surface area contributed by atoms with E-state index in [4.69, 9.17) is 4.42 Å². The van der Waals surface area contributed by atoms with Crippen molar-refractivity contribution in [3.05, 3.63) is 24.2 Å². The number of hydrogen-bond donors (Lipinski definition) is 2. The van der Waals surface area contributed by atoms with Gasteiger partial charge in [-0.1, -0.05) is 0 Å². The van der Waals surface area contributed by atoms with Gasteiger partial charge in [0.1, 0.15) is 0 Å². The van der Waals surface area contributed by atoms with E-state index in [0.717, 1.165) is 31.7 Å². The lowest BCUT2D eigenvalue weighted by Gasteiger charge is -2.39. The van der Waals surface area contributed by atoms with Crippen LogP contribution < -0.4 is 10.6 Å². The summed E-state index contributed by atoms with van der Waals surface area (Å²) in [6, 6.07) is 1.86. The first-order valence-corrected chi connectivity index (χ1v) is 6.36. The lowest BCUT2D eigenvalue weighted by Crippen LogP contribution is -2.59. The zero-order valence-electron chi connectivity index (χ0n) is 11.0. The highest BCUT2D eigenvalue weighted by molar-refractivity contribution is 5.85. The van der Waals surface area contributed by atoms with Crippen molar-refractivity contribution < 1.29 is 9.21 Å². The Hall–Kier alpha value is -1.33. The van der Waals surface area contributed by atoms with Crippen LogP contribution in [0.15, 0.2) is 23.0 Å². The first-order chi connectivity index (χ1) is 8.60. The number of furan rings is 1. The van der Waals surface area contributed by atoms with E-state index in [9.17, 15) is 4.79 Å². The van der Waals surface area contributed by atoms with Crippen LogP contribution in [0.4, 0.5) is 0 Å². The molecule has 1 aliphatic rings. The van der Waals surface area contributed by atoms with Crippen LogP contribution >= 0.6 is 0 Å². The van der Waals surface area contributed by atoms with Crippen molar-refractivity contribution in [3.63, 3.8) is 0 Å². The van der Waals surface area contributed by atoms with Crippen LogP contribution in [0.3, 0.4) is 0 Å². The quantitative estimate of drug-likeness (QED) is 0.822. The van der Waals surface area contributed by atoms with E-state index in [1.807, 2.05) is 19.9 Å². The molecule has 1 saturated heterocycles. The molecule has 2 heterocycles. The molecule has 0 saturated carbocycles. The second kappa shape index (κ2) is 5.54. The van der Waals surface area contributed by atoms with Gasteiger partial charge < -0.3 is 15.1 Å². The zero-order chi connectivity index (χ0) is 13.0. The summed E-state index contributed by atoms with van der Waals surface area (Å²) in [5.74, 6) is 0.0607. The highest BCUT2D eigenvalue weighted by Crippen LogP contribution is 2.15. The molecule has 1 aliphatic heterocycles. The van der Waals surface area contributed by atoms with Gasteiger partial charge in [0.25, 0.3) is 0 Å². The maximum atomic E-state index is 12.3. The molecule has 0 bridgehead atoms. The van der Waals surface area contributed by atoms with Crippen molar-refractivity contribution in [3.8, 4) is 0 Å². The number of carbonyl (C=O) groups excluding carboxylic acids is 1. The van der Waals surface area contributed by atoms with Crippen LogP contribution in [-0.2, 0) is 11.3 Å². The molecule has 1 fully saturated rings. The molecular weight excluding hydrogens is 230 g/mol. The zero-order valence-corrected chi connectivity index (χ0v) is 11.0. The van der Waals surface area contributed by atoms with E-state index in [1.54, 1.807) is 12.5 Å². The number of nitrogens with zero attached hydrogens (tertiary/aromatic N) is 1. The molecule has 0 atom stereocenters. The van der Waals surface area contributed by atoms with Crippen molar-refractivity contribution in [1.29, 1.82) is 0 Å². The Balaban J connectivity index is 1.89. The molecule has 5 nitrogen and oxygen atoms in total. The van der Waals surface area contributed by atoms with Crippen molar-refractivity contribution in [1.82, 2.24) is 15.5 Å². The first kappa shape index (κ1) is 13.1. The highest BCUT2D eigenvalue weighted by atomic mass is 16.3. The molecule has 0 unspecified atom stereocenters. The molecule has 1 aromatic heterocycles. The fraction of sp³-hybridized carbons (Fsp3) is 0.615. The van der Waals surface area contributed by atoms with Gasteiger partial charge in [0.05, 0.1) is 18.1 Å². The van der Waals surface area contributed by atoms with E-state index in [2.05, 4.69) is 15.5 Å². The van der Waals surface area contributed by atoms with Crippen molar-refractivity contribution >= 4 is 5.91 Å². The monoisotopic (exact) mass is 251 g/mol. The molecule has 2 rings (SSSR count). The smallest absolute Gasteiger partial charge is 0.240 e. The van der Waals surface area contributed by atoms with Gasteiger partial charge >= 0.3 is 0 Å². The Morgan fingerprint density at radius 1 is 1.50 bits per heavy atom. The van der Waals surface area contributed by atoms with E-state index in [-0.39, 0.29) is 5.91 Å². The molecule has 0 spiro atoms. The summed E-state index contributed by atoms with van der Waals surface area (Å²) in [5.41, 5.74) is 0.519. The Morgan fingerprint density at radius 3 is 2.83 bits per heavy atom. The molecule has 0 radical (unpaired) electrons. The van der Waals surface area contributed by atoms with Crippen LogP contribution in [0.2, 0.25) is 0 Å². The van der Waals surface area contributed by atoms with Gasteiger partial charge in [-0.25, -0.2) is 0 Å². The first-order valence-electron chi connectivity index (χ1n) is 6.36. The standard InChI is InChI=1S/C13H21N3O2/c1-13(2,16-6-4-14-5-7-16)12(17)15-9-11-3-8-18-10-11/h3,8,10,14H,4-7,9H2,1-2H3,(H,15,17). The maximum absolute atomic E-state index is 12.3. The van der Waals surface area contributed by atoms with Gasteiger partial charge in [-0.3, -0.25) is 9.69 Å². The van der Waals surface area contributed by atoms with Gasteiger partial charge in [-0.2, -0.15) is 0 Å². The van der Waals surface area contributed by atoms with Gasteiger partial charge in [0.2, 0.25) is 5.91 Å². The maximum Gasteiger partial charge on any atom is 0.240 e. The van der Waals surface area contributed by atoms with Crippen LogP contribution in [0.1, 0.15) is 19.4 Å². The number of nitrogens with one attached hydrogen (secondary N) is 2. The van der Waals surface area contributed by atoms with Crippen molar-refractivity contribution in [2.24, 2.45) is 0 Å². The van der Waals surface area contributed by atoms with Crippen molar-refractivity contribution in [2.45, 2.75) is 25.9 Å². The van der Waals surface area contributed by atoms with E-state index in [0.29, 0.717) is 6.54 Å². The number of hydrogen-bond acceptors (Lipinski definition) is 4. The van der Waals surface area contributed by atoms with E-state index in [1.165, 1.54) is 0 Å². The van der Waals surface area contributed by atoms with Gasteiger partial charge in [0, 0.05) is 38.3 Å². The minimum atomic E-state index is -0.466. The van der Waals surface area contributed by atoms with Crippen LogP contribution in [0.25, 0.3) is 0 Å². The molecule has 18 heavy (non-hydrogen) atoms. The third-order valence-electron chi connectivity index (χ3n) is 3.50. The number of rotatable bonds is 4. The van der Waals surface area contributed by atoms with Gasteiger partial charge in [0.15, 0.2) is 0 Å². The number of piperazine rings is 1.